The van der Waals surface area contributed by atoms with E-state index in [1.54, 1.807) is 0 Å². The summed E-state index contributed by atoms with van der Waals surface area (Å²) in [5.74, 6) is 1.88. The maximum Gasteiger partial charge on any atom is 0.164 e. The highest BCUT2D eigenvalue weighted by Crippen LogP contribution is 2.64. The van der Waals surface area contributed by atoms with Crippen LogP contribution in [0.5, 0.6) is 0 Å². The average molecular weight is 639 g/mol. The molecule has 0 N–H and O–H groups in total. The molecule has 6 aromatic carbocycles. The lowest BCUT2D eigenvalue weighted by molar-refractivity contribution is 0.794. The Morgan fingerprint density at radius 2 is 0.880 bits per heavy atom. The fourth-order valence-corrected chi connectivity index (χ4v) is 8.29. The third kappa shape index (κ3) is 3.99. The quantitative estimate of drug-likeness (QED) is 0.192. The minimum absolute atomic E-state index is 0.474. The van der Waals surface area contributed by atoms with Crippen LogP contribution in [0.4, 0.5) is 0 Å². The Labute approximate surface area is 290 Å². The van der Waals surface area contributed by atoms with Gasteiger partial charge < -0.3 is 0 Å². The predicted molar refractivity (Wildman–Crippen MR) is 200 cm³/mol. The highest BCUT2D eigenvalue weighted by atomic mass is 15.0. The smallest absolute Gasteiger partial charge is 0.164 e. The predicted octanol–water partition coefficient (Wildman–Crippen LogP) is 10.6. The van der Waals surface area contributed by atoms with Gasteiger partial charge in [0.05, 0.1) is 11.1 Å². The molecule has 4 nitrogen and oxygen atoms in total. The number of nitrogens with zero attached hydrogens (tertiary/aromatic N) is 4. The van der Waals surface area contributed by atoms with Crippen molar-refractivity contribution in [3.05, 3.63) is 192 Å². The van der Waals surface area contributed by atoms with Crippen molar-refractivity contribution in [1.82, 2.24) is 19.9 Å². The average Bonchev–Trinajstić information content (AvgIpc) is 3.66. The number of rotatable bonds is 4. The van der Waals surface area contributed by atoms with Crippen LogP contribution in [0.1, 0.15) is 27.8 Å². The molecule has 2 aliphatic carbocycles. The highest BCUT2D eigenvalue weighted by Gasteiger charge is 2.52. The summed E-state index contributed by atoms with van der Waals surface area (Å²) >= 11 is 0. The Balaban J connectivity index is 1.34. The van der Waals surface area contributed by atoms with Crippen molar-refractivity contribution in [3.63, 3.8) is 0 Å². The first kappa shape index (κ1) is 28.5. The molecular weight excluding hydrogens is 609 g/mol. The van der Waals surface area contributed by atoms with Crippen LogP contribution in [0.15, 0.2) is 164 Å². The van der Waals surface area contributed by atoms with E-state index in [4.69, 9.17) is 19.9 Å². The van der Waals surface area contributed by atoms with Crippen LogP contribution >= 0.6 is 0 Å². The van der Waals surface area contributed by atoms with Gasteiger partial charge in [0.15, 0.2) is 17.5 Å². The van der Waals surface area contributed by atoms with Gasteiger partial charge >= 0.3 is 0 Å². The third-order valence-corrected chi connectivity index (χ3v) is 10.3. The zero-order valence-corrected chi connectivity index (χ0v) is 27.4. The molecule has 2 aromatic heterocycles. The van der Waals surface area contributed by atoms with Crippen LogP contribution in [-0.4, -0.2) is 19.9 Å². The van der Waals surface area contributed by atoms with E-state index in [1.807, 2.05) is 48.7 Å². The van der Waals surface area contributed by atoms with E-state index in [1.165, 1.54) is 44.5 Å². The Morgan fingerprint density at radius 3 is 1.46 bits per heavy atom. The van der Waals surface area contributed by atoms with Gasteiger partial charge in [0.1, 0.15) is 0 Å². The monoisotopic (exact) mass is 638 g/mol. The Bertz CT molecular complexity index is 2510. The first-order valence-electron chi connectivity index (χ1n) is 17.0. The zero-order chi connectivity index (χ0) is 33.2. The summed E-state index contributed by atoms with van der Waals surface area (Å²) in [5.41, 5.74) is 15.5. The van der Waals surface area contributed by atoms with Gasteiger partial charge in [-0.15, -0.1) is 0 Å². The first-order valence-corrected chi connectivity index (χ1v) is 17.0. The largest absolute Gasteiger partial charge is 0.256 e. The van der Waals surface area contributed by atoms with Crippen molar-refractivity contribution in [2.45, 2.75) is 12.3 Å². The third-order valence-electron chi connectivity index (χ3n) is 10.3. The molecule has 50 heavy (non-hydrogen) atoms. The summed E-state index contributed by atoms with van der Waals surface area (Å²) in [7, 11) is 0. The minimum atomic E-state index is -0.474. The molecule has 234 valence electrons. The van der Waals surface area contributed by atoms with Gasteiger partial charge in [0.25, 0.3) is 0 Å². The SMILES string of the molecule is Cc1cccnc1-c1c(-c2nc(-c3ccccc3)nc(-c3ccccc3)n2)ccc2c1-c1ccccc1C21c2ccccc2-c2ccccc21. The van der Waals surface area contributed by atoms with Crippen LogP contribution < -0.4 is 0 Å². The van der Waals surface area contributed by atoms with E-state index < -0.39 is 5.41 Å². The minimum Gasteiger partial charge on any atom is -0.256 e. The second-order valence-electron chi connectivity index (χ2n) is 13.0. The van der Waals surface area contributed by atoms with Crippen molar-refractivity contribution in [3.8, 4) is 67.7 Å². The maximum absolute atomic E-state index is 5.21. The Kier molecular flexibility index (Phi) is 6.27. The van der Waals surface area contributed by atoms with Gasteiger partial charge in [-0.25, -0.2) is 15.0 Å². The van der Waals surface area contributed by atoms with Crippen molar-refractivity contribution in [1.29, 1.82) is 0 Å². The molecule has 0 fully saturated rings. The van der Waals surface area contributed by atoms with Crippen LogP contribution in [0.2, 0.25) is 0 Å². The molecule has 8 aromatic rings. The Hall–Kier alpha value is -6.52. The fourth-order valence-electron chi connectivity index (χ4n) is 8.29. The van der Waals surface area contributed by atoms with Gasteiger partial charge in [-0.1, -0.05) is 152 Å². The molecule has 10 rings (SSSR count). The van der Waals surface area contributed by atoms with Crippen molar-refractivity contribution < 1.29 is 0 Å². The molecule has 0 aliphatic heterocycles. The van der Waals surface area contributed by atoms with Crippen LogP contribution in [0.3, 0.4) is 0 Å². The summed E-state index contributed by atoms with van der Waals surface area (Å²) in [6.45, 7) is 2.14. The van der Waals surface area contributed by atoms with Gasteiger partial charge in [0, 0.05) is 28.5 Å². The van der Waals surface area contributed by atoms with Crippen molar-refractivity contribution >= 4 is 0 Å². The van der Waals surface area contributed by atoms with Gasteiger partial charge in [-0.2, -0.15) is 0 Å². The molecule has 1 spiro atoms. The lowest BCUT2D eigenvalue weighted by Crippen LogP contribution is -2.25. The summed E-state index contributed by atoms with van der Waals surface area (Å²) in [5, 5.41) is 0. The summed E-state index contributed by atoms with van der Waals surface area (Å²) in [6, 6.07) is 55.7. The molecule has 0 unspecified atom stereocenters. The van der Waals surface area contributed by atoms with E-state index in [9.17, 15) is 0 Å². The number of benzene rings is 6. The summed E-state index contributed by atoms with van der Waals surface area (Å²) in [4.78, 5) is 20.5. The molecule has 0 amide bonds. The standard InChI is InChI=1S/C46H30N4/c1-29-15-14-28-47-42(29)41-35(45-49-43(30-16-4-2-5-17-30)48-44(50-45)31-18-6-3-7-19-31)26-27-39-40(41)34-22-10-13-25-38(34)46(39)36-23-11-8-20-32(36)33-21-9-12-24-37(33)46/h2-28H,1H3. The lowest BCUT2D eigenvalue weighted by Gasteiger charge is -2.30. The fraction of sp³-hybridized carbons (Fsp3) is 0.0435. The van der Waals surface area contributed by atoms with E-state index in [2.05, 4.69) is 122 Å². The summed E-state index contributed by atoms with van der Waals surface area (Å²) < 4.78 is 0. The first-order chi connectivity index (χ1) is 24.7. The van der Waals surface area contributed by atoms with Crippen LogP contribution in [0.25, 0.3) is 67.7 Å². The maximum atomic E-state index is 5.21. The molecule has 0 atom stereocenters. The van der Waals surface area contributed by atoms with E-state index in [-0.39, 0.29) is 0 Å². The normalized spacial score (nSPS) is 13.1. The van der Waals surface area contributed by atoms with Gasteiger partial charge in [0.2, 0.25) is 0 Å². The number of pyridine rings is 1. The number of hydrogen-bond donors (Lipinski definition) is 0. The molecule has 4 heteroatoms. The number of aromatic nitrogens is 4. The topological polar surface area (TPSA) is 51.6 Å². The molecule has 0 bridgehead atoms. The van der Waals surface area contributed by atoms with Crippen LogP contribution in [-0.2, 0) is 5.41 Å². The van der Waals surface area contributed by atoms with Crippen LogP contribution in [0, 0.1) is 6.92 Å². The van der Waals surface area contributed by atoms with E-state index in [0.717, 1.165) is 33.5 Å². The second kappa shape index (κ2) is 11.0. The number of hydrogen-bond acceptors (Lipinski definition) is 4. The van der Waals surface area contributed by atoms with E-state index >= 15 is 0 Å². The number of fused-ring (bicyclic) bond motifs is 10. The number of aryl methyl sites for hydroxylation is 1. The van der Waals surface area contributed by atoms with Crippen molar-refractivity contribution in [2.75, 3.05) is 0 Å². The van der Waals surface area contributed by atoms with Gasteiger partial charge in [-0.05, 0) is 63.1 Å². The second-order valence-corrected chi connectivity index (χ2v) is 13.0. The van der Waals surface area contributed by atoms with Gasteiger partial charge in [-0.3, -0.25) is 4.98 Å². The summed E-state index contributed by atoms with van der Waals surface area (Å²) in [6.07, 6.45) is 1.89. The molecule has 0 radical (unpaired) electrons. The molecule has 0 saturated carbocycles. The molecule has 2 aliphatic rings. The molecule has 2 heterocycles. The highest BCUT2D eigenvalue weighted by molar-refractivity contribution is 6.03. The molecule has 0 saturated heterocycles. The van der Waals surface area contributed by atoms with E-state index in [0.29, 0.717) is 17.5 Å². The zero-order valence-electron chi connectivity index (χ0n) is 27.4. The van der Waals surface area contributed by atoms with Crippen molar-refractivity contribution in [2.24, 2.45) is 0 Å². The lowest BCUT2D eigenvalue weighted by atomic mass is 9.70. The Morgan fingerprint density at radius 1 is 0.380 bits per heavy atom. The molecular formula is C46H30N4.